The molecule has 2 aromatic heterocycles. The molecular weight excluding hydrogens is 360 g/mol. The number of amides is 1. The van der Waals surface area contributed by atoms with Gasteiger partial charge in [-0.25, -0.2) is 4.79 Å². The summed E-state index contributed by atoms with van der Waals surface area (Å²) in [5.74, 6) is -0.767. The maximum Gasteiger partial charge on any atom is 0.355 e. The van der Waals surface area contributed by atoms with Gasteiger partial charge in [0.2, 0.25) is 0 Å². The molecule has 1 fully saturated rings. The van der Waals surface area contributed by atoms with Crippen LogP contribution >= 0.6 is 0 Å². The normalized spacial score (nSPS) is 17.9. The second kappa shape index (κ2) is 9.28. The van der Waals surface area contributed by atoms with Gasteiger partial charge in [-0.05, 0) is 39.5 Å². The standard InChI is InChI=1S/C21H30N2O5/c1-4-5-8-18(20(24)22-13-15-7-6-10-26-15)28-21(25)17-12-19-16(9-11-27-19)23(17)14(2)3/h9,11-12,14-15,18H,4-8,10,13H2,1-3H3,(H,22,24)/t15-,18-/m0/s1. The fraction of sp³-hybridized carbons (Fsp3) is 0.619. The summed E-state index contributed by atoms with van der Waals surface area (Å²) in [6.07, 6.45) is 5.02. The van der Waals surface area contributed by atoms with Crippen molar-refractivity contribution < 1.29 is 23.5 Å². The molecular formula is C21H30N2O5. The highest BCUT2D eigenvalue weighted by Crippen LogP contribution is 2.26. The van der Waals surface area contributed by atoms with Crippen LogP contribution in [-0.2, 0) is 14.3 Å². The molecule has 1 aliphatic heterocycles. The number of esters is 1. The maximum atomic E-state index is 12.9. The number of furan rings is 1. The fourth-order valence-corrected chi connectivity index (χ4v) is 3.61. The van der Waals surface area contributed by atoms with E-state index in [0.29, 0.717) is 24.2 Å². The van der Waals surface area contributed by atoms with E-state index in [0.717, 1.165) is 37.8 Å². The van der Waals surface area contributed by atoms with Crippen LogP contribution in [-0.4, -0.2) is 41.8 Å². The van der Waals surface area contributed by atoms with Crippen LogP contribution in [0.2, 0.25) is 0 Å². The molecule has 2 aromatic rings. The van der Waals surface area contributed by atoms with Gasteiger partial charge in [0.15, 0.2) is 11.7 Å². The van der Waals surface area contributed by atoms with Gasteiger partial charge in [0.05, 0.1) is 17.9 Å². The Bertz CT molecular complexity index is 801. The molecule has 0 unspecified atom stereocenters. The summed E-state index contributed by atoms with van der Waals surface area (Å²) in [6, 6.07) is 3.56. The van der Waals surface area contributed by atoms with Gasteiger partial charge < -0.3 is 23.8 Å². The number of unbranched alkanes of at least 4 members (excludes halogenated alkanes) is 1. The second-order valence-corrected chi connectivity index (χ2v) is 7.58. The van der Waals surface area contributed by atoms with E-state index in [9.17, 15) is 9.59 Å². The SMILES string of the molecule is CCCC[C@H](OC(=O)c1cc2occc2n1C(C)C)C(=O)NC[C@@H]1CCCO1. The van der Waals surface area contributed by atoms with Gasteiger partial charge in [-0.2, -0.15) is 0 Å². The lowest BCUT2D eigenvalue weighted by atomic mass is 10.1. The number of hydrogen-bond acceptors (Lipinski definition) is 5. The Labute approximate surface area is 165 Å². The third kappa shape index (κ3) is 4.58. The van der Waals surface area contributed by atoms with Crippen molar-refractivity contribution in [2.45, 2.75) is 71.1 Å². The number of ether oxygens (including phenoxy) is 2. The van der Waals surface area contributed by atoms with E-state index in [1.165, 1.54) is 0 Å². The van der Waals surface area contributed by atoms with Crippen molar-refractivity contribution in [1.29, 1.82) is 0 Å². The molecule has 0 aliphatic carbocycles. The van der Waals surface area contributed by atoms with E-state index in [2.05, 4.69) is 5.32 Å². The van der Waals surface area contributed by atoms with Gasteiger partial charge in [0.1, 0.15) is 5.69 Å². The van der Waals surface area contributed by atoms with Crippen molar-refractivity contribution >= 4 is 23.0 Å². The zero-order chi connectivity index (χ0) is 20.1. The molecule has 3 heterocycles. The van der Waals surface area contributed by atoms with Crippen molar-refractivity contribution in [2.75, 3.05) is 13.2 Å². The summed E-state index contributed by atoms with van der Waals surface area (Å²) >= 11 is 0. The molecule has 3 rings (SSSR count). The first kappa shape index (κ1) is 20.5. The van der Waals surface area contributed by atoms with Gasteiger partial charge in [-0.3, -0.25) is 4.79 Å². The first-order chi connectivity index (χ1) is 13.5. The third-order valence-electron chi connectivity index (χ3n) is 5.08. The Kier molecular flexibility index (Phi) is 6.78. The predicted octanol–water partition coefficient (Wildman–Crippen LogP) is 3.83. The Balaban J connectivity index is 1.70. The highest BCUT2D eigenvalue weighted by Gasteiger charge is 2.27. The number of carbonyl (C=O) groups is 2. The molecule has 0 spiro atoms. The monoisotopic (exact) mass is 390 g/mol. The number of carbonyl (C=O) groups excluding carboxylic acids is 2. The topological polar surface area (TPSA) is 82.7 Å². The lowest BCUT2D eigenvalue weighted by molar-refractivity contribution is -0.130. The average molecular weight is 390 g/mol. The minimum absolute atomic E-state index is 0.0524. The van der Waals surface area contributed by atoms with Crippen molar-refractivity contribution in [3.05, 3.63) is 24.1 Å². The molecule has 154 valence electrons. The Morgan fingerprint density at radius 2 is 2.21 bits per heavy atom. The highest BCUT2D eigenvalue weighted by molar-refractivity contribution is 5.95. The van der Waals surface area contributed by atoms with Crippen LogP contribution in [0.25, 0.3) is 11.1 Å². The van der Waals surface area contributed by atoms with Crippen LogP contribution in [0.5, 0.6) is 0 Å². The van der Waals surface area contributed by atoms with Crippen LogP contribution in [0.4, 0.5) is 0 Å². The zero-order valence-electron chi connectivity index (χ0n) is 16.9. The highest BCUT2D eigenvalue weighted by atomic mass is 16.5. The van der Waals surface area contributed by atoms with E-state index in [-0.39, 0.29) is 18.1 Å². The van der Waals surface area contributed by atoms with Gasteiger partial charge in [-0.15, -0.1) is 0 Å². The minimum Gasteiger partial charge on any atom is -0.463 e. The van der Waals surface area contributed by atoms with E-state index in [4.69, 9.17) is 13.9 Å². The molecule has 7 nitrogen and oxygen atoms in total. The third-order valence-corrected chi connectivity index (χ3v) is 5.08. The number of rotatable bonds is 9. The van der Waals surface area contributed by atoms with Crippen LogP contribution in [0.15, 0.2) is 22.8 Å². The van der Waals surface area contributed by atoms with Crippen LogP contribution in [0, 0.1) is 0 Å². The van der Waals surface area contributed by atoms with Crippen LogP contribution in [0.3, 0.4) is 0 Å². The molecule has 0 bridgehead atoms. The number of nitrogens with one attached hydrogen (secondary N) is 1. The molecule has 0 radical (unpaired) electrons. The van der Waals surface area contributed by atoms with E-state index in [1.54, 1.807) is 12.3 Å². The Hall–Kier alpha value is -2.28. The summed E-state index contributed by atoms with van der Waals surface area (Å²) in [5.41, 5.74) is 1.88. The Morgan fingerprint density at radius 3 is 2.89 bits per heavy atom. The van der Waals surface area contributed by atoms with E-state index >= 15 is 0 Å². The Morgan fingerprint density at radius 1 is 1.39 bits per heavy atom. The molecule has 7 heteroatoms. The molecule has 1 amide bonds. The number of fused-ring (bicyclic) bond motifs is 1. The summed E-state index contributed by atoms with van der Waals surface area (Å²) < 4.78 is 18.5. The van der Waals surface area contributed by atoms with E-state index in [1.807, 2.05) is 31.4 Å². The first-order valence-corrected chi connectivity index (χ1v) is 10.2. The minimum atomic E-state index is -0.810. The van der Waals surface area contributed by atoms with Gasteiger partial charge >= 0.3 is 5.97 Å². The smallest absolute Gasteiger partial charge is 0.355 e. The lowest BCUT2D eigenvalue weighted by Gasteiger charge is -2.20. The van der Waals surface area contributed by atoms with Gasteiger partial charge in [0.25, 0.3) is 5.91 Å². The van der Waals surface area contributed by atoms with Crippen molar-refractivity contribution in [1.82, 2.24) is 9.88 Å². The molecule has 1 aliphatic rings. The quantitative estimate of drug-likeness (QED) is 0.658. The average Bonchev–Trinajstić information content (AvgIpc) is 3.39. The van der Waals surface area contributed by atoms with Gasteiger partial charge in [-0.1, -0.05) is 13.3 Å². The number of hydrogen-bond donors (Lipinski definition) is 1. The fourth-order valence-electron chi connectivity index (χ4n) is 3.61. The molecule has 1 saturated heterocycles. The summed E-state index contributed by atoms with van der Waals surface area (Å²) in [4.78, 5) is 25.5. The summed E-state index contributed by atoms with van der Waals surface area (Å²) in [7, 11) is 0. The second-order valence-electron chi connectivity index (χ2n) is 7.58. The molecule has 0 aromatic carbocycles. The van der Waals surface area contributed by atoms with Crippen LogP contribution < -0.4 is 5.32 Å². The molecule has 1 N–H and O–H groups in total. The lowest BCUT2D eigenvalue weighted by Crippen LogP contribution is -2.41. The maximum absolute atomic E-state index is 12.9. The molecule has 2 atom stereocenters. The number of nitrogens with zero attached hydrogens (tertiary/aromatic N) is 1. The first-order valence-electron chi connectivity index (χ1n) is 10.2. The zero-order valence-corrected chi connectivity index (χ0v) is 16.9. The van der Waals surface area contributed by atoms with Gasteiger partial charge in [0, 0.05) is 31.3 Å². The van der Waals surface area contributed by atoms with Crippen molar-refractivity contribution in [3.63, 3.8) is 0 Å². The summed E-state index contributed by atoms with van der Waals surface area (Å²) in [5, 5.41) is 2.88. The van der Waals surface area contributed by atoms with Crippen molar-refractivity contribution in [3.8, 4) is 0 Å². The molecule has 28 heavy (non-hydrogen) atoms. The predicted molar refractivity (Wildman–Crippen MR) is 105 cm³/mol. The van der Waals surface area contributed by atoms with Crippen molar-refractivity contribution in [2.24, 2.45) is 0 Å². The number of aromatic nitrogens is 1. The largest absolute Gasteiger partial charge is 0.463 e. The van der Waals surface area contributed by atoms with E-state index < -0.39 is 12.1 Å². The molecule has 0 saturated carbocycles. The van der Waals surface area contributed by atoms with Crippen LogP contribution in [0.1, 0.15) is 69.4 Å². The summed E-state index contributed by atoms with van der Waals surface area (Å²) in [6.45, 7) is 7.22.